The van der Waals surface area contributed by atoms with Crippen molar-refractivity contribution in [3.8, 4) is 5.75 Å². The molecule has 3 heterocycles. The van der Waals surface area contributed by atoms with Gasteiger partial charge in [0.2, 0.25) is 0 Å². The summed E-state index contributed by atoms with van der Waals surface area (Å²) < 4.78 is 57.1. The lowest BCUT2D eigenvalue weighted by Crippen LogP contribution is -2.38. The highest BCUT2D eigenvalue weighted by Crippen LogP contribution is 2.37. The number of benzene rings is 1. The van der Waals surface area contributed by atoms with E-state index in [0.29, 0.717) is 30.3 Å². The molecule has 3 aliphatic rings. The van der Waals surface area contributed by atoms with Crippen molar-refractivity contribution in [2.24, 2.45) is 11.8 Å². The number of hydrogen-bond donors (Lipinski definition) is 1. The highest BCUT2D eigenvalue weighted by Gasteiger charge is 2.45. The van der Waals surface area contributed by atoms with Crippen molar-refractivity contribution in [3.05, 3.63) is 30.1 Å². The van der Waals surface area contributed by atoms with Gasteiger partial charge in [-0.1, -0.05) is 12.1 Å². The Morgan fingerprint density at radius 3 is 2.53 bits per heavy atom. The van der Waals surface area contributed by atoms with Crippen LogP contribution in [0.25, 0.3) is 0 Å². The standard InChI is InChI=1S/C18H24FNO2S.C2HF3O2/c19-16-3-1-2-4-17(16)21-11-13-12-22-18-10-20(9-15(13)18)14-5-7-23-8-6-14;3-2(4,5)1(6)7/h1-4,13-15,18H,5-12H2;(H,6,7)/t13-,15-,18-;/m1./s1. The number of likely N-dealkylation sites (tertiary alicyclic amines) is 1. The first kappa shape index (κ1) is 23.1. The van der Waals surface area contributed by atoms with Crippen molar-refractivity contribution < 1.29 is 36.9 Å². The normalized spacial score (nSPS) is 27.3. The van der Waals surface area contributed by atoms with Gasteiger partial charge in [0.15, 0.2) is 11.6 Å². The van der Waals surface area contributed by atoms with Crippen LogP contribution in [-0.2, 0) is 9.53 Å². The van der Waals surface area contributed by atoms with Crippen molar-refractivity contribution in [2.45, 2.75) is 31.2 Å². The summed E-state index contributed by atoms with van der Waals surface area (Å²) in [4.78, 5) is 11.5. The fourth-order valence-electron chi connectivity index (χ4n) is 4.11. The first-order valence-electron chi connectivity index (χ1n) is 9.86. The smallest absolute Gasteiger partial charge is 0.490 e. The fourth-order valence-corrected chi connectivity index (χ4v) is 5.19. The van der Waals surface area contributed by atoms with Crippen LogP contribution in [-0.4, -0.2) is 72.1 Å². The Bertz CT molecular complexity index is 714. The lowest BCUT2D eigenvalue weighted by molar-refractivity contribution is -0.192. The molecule has 0 saturated carbocycles. The number of ether oxygens (including phenoxy) is 2. The predicted molar refractivity (Wildman–Crippen MR) is 104 cm³/mol. The molecule has 0 unspecified atom stereocenters. The molecule has 3 aliphatic heterocycles. The van der Waals surface area contributed by atoms with Crippen LogP contribution < -0.4 is 4.74 Å². The maximum absolute atomic E-state index is 13.7. The Morgan fingerprint density at radius 2 is 1.90 bits per heavy atom. The van der Waals surface area contributed by atoms with E-state index in [4.69, 9.17) is 19.4 Å². The molecule has 10 heteroatoms. The summed E-state index contributed by atoms with van der Waals surface area (Å²) in [6.45, 7) is 3.48. The van der Waals surface area contributed by atoms with Gasteiger partial charge in [-0.3, -0.25) is 4.90 Å². The maximum Gasteiger partial charge on any atom is 0.490 e. The number of carbonyl (C=O) groups is 1. The zero-order valence-corrected chi connectivity index (χ0v) is 17.1. The third-order valence-electron chi connectivity index (χ3n) is 5.71. The number of alkyl halides is 3. The molecule has 0 aliphatic carbocycles. The summed E-state index contributed by atoms with van der Waals surface area (Å²) in [6.07, 6.45) is -2.13. The molecule has 0 aromatic heterocycles. The van der Waals surface area contributed by atoms with E-state index in [-0.39, 0.29) is 5.82 Å². The van der Waals surface area contributed by atoms with E-state index < -0.39 is 12.1 Å². The van der Waals surface area contributed by atoms with Gasteiger partial charge < -0.3 is 14.6 Å². The molecule has 0 amide bonds. The minimum atomic E-state index is -5.08. The largest absolute Gasteiger partial charge is 0.490 e. The van der Waals surface area contributed by atoms with E-state index >= 15 is 0 Å². The second kappa shape index (κ2) is 10.2. The van der Waals surface area contributed by atoms with Crippen molar-refractivity contribution >= 4 is 17.7 Å². The van der Waals surface area contributed by atoms with Crippen LogP contribution in [0.4, 0.5) is 17.6 Å². The molecule has 4 rings (SSSR count). The number of carboxylic acids is 1. The number of para-hydroxylation sites is 1. The molecular weight excluding hydrogens is 426 g/mol. The number of nitrogens with zero attached hydrogens (tertiary/aromatic N) is 1. The van der Waals surface area contributed by atoms with Gasteiger partial charge in [0.05, 0.1) is 19.3 Å². The van der Waals surface area contributed by atoms with Crippen molar-refractivity contribution in [1.29, 1.82) is 0 Å². The predicted octanol–water partition coefficient (Wildman–Crippen LogP) is 3.68. The number of rotatable bonds is 4. The van der Waals surface area contributed by atoms with E-state index in [0.717, 1.165) is 25.7 Å². The average Bonchev–Trinajstić information content (AvgIpc) is 3.29. The summed E-state index contributed by atoms with van der Waals surface area (Å²) in [5, 5.41) is 7.12. The lowest BCUT2D eigenvalue weighted by atomic mass is 9.94. The number of carboxylic acid groups (broad SMARTS) is 1. The summed E-state index contributed by atoms with van der Waals surface area (Å²) in [5.74, 6) is 0.811. The molecule has 1 aromatic carbocycles. The van der Waals surface area contributed by atoms with Crippen LogP contribution in [0.15, 0.2) is 24.3 Å². The lowest BCUT2D eigenvalue weighted by Gasteiger charge is -2.31. The number of thioether (sulfide) groups is 1. The SMILES string of the molecule is Fc1ccccc1OC[C@@H]1CO[C@@H]2CN(C3CCSCC3)C[C@H]12.O=C(O)C(F)(F)F. The molecule has 3 saturated heterocycles. The van der Waals surface area contributed by atoms with Crippen LogP contribution in [0.3, 0.4) is 0 Å². The molecular formula is C20H25F4NO4S. The number of fused-ring (bicyclic) bond motifs is 1. The van der Waals surface area contributed by atoms with E-state index in [1.807, 2.05) is 6.07 Å². The van der Waals surface area contributed by atoms with Gasteiger partial charge in [-0.25, -0.2) is 9.18 Å². The molecule has 0 spiro atoms. The van der Waals surface area contributed by atoms with Gasteiger partial charge in [-0.05, 0) is 36.5 Å². The van der Waals surface area contributed by atoms with Crippen LogP contribution in [0.5, 0.6) is 5.75 Å². The van der Waals surface area contributed by atoms with E-state index in [9.17, 15) is 17.6 Å². The fraction of sp³-hybridized carbons (Fsp3) is 0.650. The Kier molecular flexibility index (Phi) is 7.86. The molecule has 0 bridgehead atoms. The van der Waals surface area contributed by atoms with Gasteiger partial charge in [-0.15, -0.1) is 0 Å². The van der Waals surface area contributed by atoms with Crippen LogP contribution in [0.2, 0.25) is 0 Å². The third kappa shape index (κ3) is 6.01. The molecule has 1 aromatic rings. The topological polar surface area (TPSA) is 59.0 Å². The van der Waals surface area contributed by atoms with Crippen LogP contribution in [0.1, 0.15) is 12.8 Å². The number of hydrogen-bond acceptors (Lipinski definition) is 5. The van der Waals surface area contributed by atoms with Crippen LogP contribution >= 0.6 is 11.8 Å². The Labute approximate surface area is 176 Å². The quantitative estimate of drug-likeness (QED) is 0.705. The zero-order valence-electron chi connectivity index (χ0n) is 16.3. The van der Waals surface area contributed by atoms with Gasteiger partial charge in [0, 0.05) is 31.0 Å². The highest BCUT2D eigenvalue weighted by molar-refractivity contribution is 7.99. The molecule has 30 heavy (non-hydrogen) atoms. The van der Waals surface area contributed by atoms with Crippen LogP contribution in [0, 0.1) is 17.7 Å². The second-order valence-electron chi connectivity index (χ2n) is 7.64. The van der Waals surface area contributed by atoms with E-state index in [1.54, 1.807) is 12.1 Å². The molecule has 1 N–H and O–H groups in total. The van der Waals surface area contributed by atoms with Gasteiger partial charge in [0.25, 0.3) is 0 Å². The first-order valence-corrected chi connectivity index (χ1v) is 11.0. The Balaban J connectivity index is 0.000000318. The molecule has 3 fully saturated rings. The summed E-state index contributed by atoms with van der Waals surface area (Å²) >= 11 is 2.07. The zero-order chi connectivity index (χ0) is 21.7. The molecule has 0 radical (unpaired) electrons. The second-order valence-corrected chi connectivity index (χ2v) is 8.86. The average molecular weight is 451 g/mol. The van der Waals surface area contributed by atoms with Crippen molar-refractivity contribution in [2.75, 3.05) is 37.8 Å². The number of aliphatic carboxylic acids is 1. The van der Waals surface area contributed by atoms with E-state index in [1.165, 1.54) is 30.4 Å². The molecule has 5 nitrogen and oxygen atoms in total. The van der Waals surface area contributed by atoms with Gasteiger partial charge in [0.1, 0.15) is 0 Å². The van der Waals surface area contributed by atoms with E-state index in [2.05, 4.69) is 16.7 Å². The van der Waals surface area contributed by atoms with Crippen molar-refractivity contribution in [1.82, 2.24) is 4.90 Å². The monoisotopic (exact) mass is 451 g/mol. The molecule has 168 valence electrons. The molecule has 3 atom stereocenters. The maximum atomic E-state index is 13.7. The highest BCUT2D eigenvalue weighted by atomic mass is 32.2. The Hall–Kier alpha value is -1.52. The van der Waals surface area contributed by atoms with Crippen molar-refractivity contribution in [3.63, 3.8) is 0 Å². The third-order valence-corrected chi connectivity index (χ3v) is 6.76. The van der Waals surface area contributed by atoms with Gasteiger partial charge >= 0.3 is 12.1 Å². The summed E-state index contributed by atoms with van der Waals surface area (Å²) in [6, 6.07) is 7.38. The first-order chi connectivity index (χ1) is 14.3. The van der Waals surface area contributed by atoms with Gasteiger partial charge in [-0.2, -0.15) is 24.9 Å². The number of halogens is 4. The minimum absolute atomic E-state index is 0.282. The summed E-state index contributed by atoms with van der Waals surface area (Å²) in [7, 11) is 0. The Morgan fingerprint density at radius 1 is 1.23 bits per heavy atom. The summed E-state index contributed by atoms with van der Waals surface area (Å²) in [5.41, 5.74) is 0. The minimum Gasteiger partial charge on any atom is -0.490 e.